The van der Waals surface area contributed by atoms with E-state index in [-0.39, 0.29) is 22.4 Å². The fourth-order valence-corrected chi connectivity index (χ4v) is 2.90. The molecule has 3 aromatic rings. The maximum atomic E-state index is 13.2. The van der Waals surface area contributed by atoms with E-state index >= 15 is 0 Å². The third kappa shape index (κ3) is 12.7. The summed E-state index contributed by atoms with van der Waals surface area (Å²) in [5.74, 6) is -5.41. The highest BCUT2D eigenvalue weighted by molar-refractivity contribution is 5.90. The molecule has 0 aromatic heterocycles. The first-order chi connectivity index (χ1) is 20.5. The number of carboxylic acids is 1. The Kier molecular flexibility index (Phi) is 12.7. The molecule has 3 aromatic carbocycles. The van der Waals surface area contributed by atoms with Crippen molar-refractivity contribution in [2.45, 2.75) is 52.7 Å². The monoisotopic (exact) mass is 637 g/mol. The molecule has 45 heavy (non-hydrogen) atoms. The number of carbonyl (C=O) groups excluding carboxylic acids is 2. The number of esters is 2. The molecule has 0 saturated carbocycles. The molecule has 0 unspecified atom stereocenters. The molecule has 3 N–H and O–H groups in total. The van der Waals surface area contributed by atoms with Gasteiger partial charge >= 0.3 is 29.3 Å². The lowest BCUT2D eigenvalue weighted by Gasteiger charge is -2.19. The van der Waals surface area contributed by atoms with Crippen molar-refractivity contribution in [2.75, 3.05) is 5.73 Å². The van der Waals surface area contributed by atoms with E-state index < -0.39 is 67.8 Å². The smallest absolute Gasteiger partial charge is 0.338 e. The van der Waals surface area contributed by atoms with Gasteiger partial charge in [-0.05, 0) is 84.0 Å². The highest BCUT2D eigenvalue weighted by Gasteiger charge is 2.22. The van der Waals surface area contributed by atoms with Crippen molar-refractivity contribution in [3.05, 3.63) is 109 Å². The molecule has 0 aliphatic rings. The topological polar surface area (TPSA) is 202 Å². The number of nitro groups is 2. The highest BCUT2D eigenvalue weighted by Crippen LogP contribution is 2.21. The van der Waals surface area contributed by atoms with Crippen LogP contribution in [-0.4, -0.2) is 44.1 Å². The van der Waals surface area contributed by atoms with Crippen LogP contribution in [0.2, 0.25) is 0 Å². The van der Waals surface area contributed by atoms with Gasteiger partial charge in [0.1, 0.15) is 17.0 Å². The van der Waals surface area contributed by atoms with Gasteiger partial charge in [-0.25, -0.2) is 18.8 Å². The molecule has 0 atom stereocenters. The number of nitrogens with zero attached hydrogens (tertiary/aromatic N) is 2. The number of ether oxygens (including phenoxy) is 2. The number of aromatic carboxylic acids is 1. The Bertz CT molecular complexity index is 1600. The Morgan fingerprint density at radius 2 is 1.00 bits per heavy atom. The van der Waals surface area contributed by atoms with Crippen LogP contribution >= 0.6 is 0 Å². The largest absolute Gasteiger partial charge is 0.478 e. The number of benzene rings is 3. The summed E-state index contributed by atoms with van der Waals surface area (Å²) in [4.78, 5) is 52.1. The van der Waals surface area contributed by atoms with Crippen LogP contribution in [0, 0.1) is 37.7 Å². The lowest BCUT2D eigenvalue weighted by atomic mass is 10.1. The zero-order chi connectivity index (χ0) is 34.9. The van der Waals surface area contributed by atoms with Crippen LogP contribution in [0.15, 0.2) is 54.6 Å². The summed E-state index contributed by atoms with van der Waals surface area (Å²) in [7, 11) is 0. The SMILES string of the molecule is CC(C)(C)OC(=O)c1ccc(N)c(F)c1.CC(C)(C)OC(=O)c1ccc([N+](=O)[O-])c(F)c1.O=C(O)c1ccc([N+](=O)[O-])c(F)c1. The molecule has 16 heteroatoms. The molecule has 0 heterocycles. The second-order valence-corrected chi connectivity index (χ2v) is 10.9. The molecule has 0 amide bonds. The Labute approximate surface area is 254 Å². The van der Waals surface area contributed by atoms with Crippen LogP contribution in [0.5, 0.6) is 0 Å². The van der Waals surface area contributed by atoms with E-state index in [1.165, 1.54) is 12.1 Å². The molecule has 0 aliphatic heterocycles. The Morgan fingerprint density at radius 3 is 1.31 bits per heavy atom. The molecule has 0 aliphatic carbocycles. The summed E-state index contributed by atoms with van der Waals surface area (Å²) in [6, 6.07) is 9.16. The quantitative estimate of drug-likeness (QED) is 0.134. The van der Waals surface area contributed by atoms with Gasteiger partial charge in [0.2, 0.25) is 11.6 Å². The van der Waals surface area contributed by atoms with E-state index in [4.69, 9.17) is 20.3 Å². The average Bonchev–Trinajstić information content (AvgIpc) is 2.88. The molecule has 0 bridgehead atoms. The number of rotatable bonds is 5. The predicted octanol–water partition coefficient (Wildman–Crippen LogP) is 6.48. The van der Waals surface area contributed by atoms with Gasteiger partial charge in [0, 0.05) is 12.1 Å². The maximum absolute atomic E-state index is 13.2. The van der Waals surface area contributed by atoms with Gasteiger partial charge in [0.25, 0.3) is 0 Å². The first-order valence-electron chi connectivity index (χ1n) is 12.6. The fraction of sp³-hybridized carbons (Fsp3) is 0.276. The van der Waals surface area contributed by atoms with Gasteiger partial charge in [-0.1, -0.05) is 0 Å². The average molecular weight is 638 g/mol. The molecule has 3 rings (SSSR count). The second kappa shape index (κ2) is 15.3. The van der Waals surface area contributed by atoms with Gasteiger partial charge in [0.05, 0.1) is 32.2 Å². The van der Waals surface area contributed by atoms with Gasteiger partial charge in [-0.2, -0.15) is 8.78 Å². The molecule has 0 radical (unpaired) electrons. The Morgan fingerprint density at radius 1 is 0.667 bits per heavy atom. The van der Waals surface area contributed by atoms with E-state index in [1.54, 1.807) is 41.5 Å². The van der Waals surface area contributed by atoms with Crippen molar-refractivity contribution in [1.82, 2.24) is 0 Å². The number of nitro benzene ring substituents is 2. The van der Waals surface area contributed by atoms with E-state index in [2.05, 4.69) is 0 Å². The minimum Gasteiger partial charge on any atom is -0.478 e. The van der Waals surface area contributed by atoms with Gasteiger partial charge < -0.3 is 20.3 Å². The van der Waals surface area contributed by atoms with Crippen LogP contribution < -0.4 is 5.73 Å². The molecule has 0 saturated heterocycles. The first-order valence-corrected chi connectivity index (χ1v) is 12.6. The molecule has 0 fully saturated rings. The van der Waals surface area contributed by atoms with Crippen molar-refractivity contribution in [1.29, 1.82) is 0 Å². The summed E-state index contributed by atoms with van der Waals surface area (Å²) < 4.78 is 49.1. The standard InChI is InChI=1S/C11H12FNO4.C11H14FNO2.C7H4FNO4/c1-11(2,3)17-10(14)7-4-5-9(13(15)16)8(12)6-7;1-11(2,3)15-10(14)7-4-5-9(13)8(12)6-7;8-5-3-4(7(10)11)1-2-6(5)9(12)13/h4-6H,1-3H3;4-6H,13H2,1-3H3;1-3H,(H,10,11). The maximum Gasteiger partial charge on any atom is 0.338 e. The Balaban J connectivity index is 0.000000341. The number of anilines is 1. The summed E-state index contributed by atoms with van der Waals surface area (Å²) in [6.07, 6.45) is 0. The minimum atomic E-state index is -1.33. The van der Waals surface area contributed by atoms with Crippen molar-refractivity contribution in [2.24, 2.45) is 0 Å². The van der Waals surface area contributed by atoms with Crippen LogP contribution in [-0.2, 0) is 9.47 Å². The van der Waals surface area contributed by atoms with Crippen LogP contribution in [0.3, 0.4) is 0 Å². The van der Waals surface area contributed by atoms with E-state index in [0.717, 1.165) is 36.4 Å². The van der Waals surface area contributed by atoms with Crippen LogP contribution in [0.1, 0.15) is 72.6 Å². The van der Waals surface area contributed by atoms with Crippen molar-refractivity contribution in [3.63, 3.8) is 0 Å². The van der Waals surface area contributed by atoms with Crippen LogP contribution in [0.25, 0.3) is 0 Å². The number of hydrogen-bond donors (Lipinski definition) is 2. The molecule has 13 nitrogen and oxygen atoms in total. The molecular weight excluding hydrogens is 607 g/mol. The molecule has 242 valence electrons. The predicted molar refractivity (Wildman–Crippen MR) is 154 cm³/mol. The number of halogens is 3. The summed E-state index contributed by atoms with van der Waals surface area (Å²) in [5.41, 5.74) is 2.41. The zero-order valence-corrected chi connectivity index (χ0v) is 24.9. The lowest BCUT2D eigenvalue weighted by Crippen LogP contribution is -2.24. The van der Waals surface area contributed by atoms with E-state index in [1.807, 2.05) is 0 Å². The minimum absolute atomic E-state index is 0.0160. The van der Waals surface area contributed by atoms with Gasteiger partial charge in [0.15, 0.2) is 0 Å². The number of carbonyl (C=O) groups is 3. The molecular formula is C29H30F3N3O10. The van der Waals surface area contributed by atoms with Crippen molar-refractivity contribution < 1.29 is 52.0 Å². The van der Waals surface area contributed by atoms with Crippen molar-refractivity contribution in [3.8, 4) is 0 Å². The zero-order valence-electron chi connectivity index (χ0n) is 24.9. The lowest BCUT2D eigenvalue weighted by molar-refractivity contribution is -0.387. The van der Waals surface area contributed by atoms with Crippen LogP contribution in [0.4, 0.5) is 30.2 Å². The third-order valence-corrected chi connectivity index (χ3v) is 4.81. The van der Waals surface area contributed by atoms with Gasteiger partial charge in [-0.15, -0.1) is 0 Å². The first kappa shape index (κ1) is 37.5. The Hall–Kier alpha value is -5.54. The van der Waals surface area contributed by atoms with E-state index in [0.29, 0.717) is 6.07 Å². The number of carboxylic acid groups (broad SMARTS) is 1. The normalized spacial score (nSPS) is 10.7. The molecule has 0 spiro atoms. The number of hydrogen-bond acceptors (Lipinski definition) is 10. The van der Waals surface area contributed by atoms with Crippen molar-refractivity contribution >= 4 is 35.0 Å². The van der Waals surface area contributed by atoms with Gasteiger partial charge in [-0.3, -0.25) is 20.2 Å². The fourth-order valence-electron chi connectivity index (χ4n) is 2.90. The third-order valence-electron chi connectivity index (χ3n) is 4.81. The highest BCUT2D eigenvalue weighted by atomic mass is 19.1. The summed E-state index contributed by atoms with van der Waals surface area (Å²) >= 11 is 0. The number of nitrogen functional groups attached to an aromatic ring is 1. The summed E-state index contributed by atoms with van der Waals surface area (Å²) in [5, 5.41) is 28.9. The van der Waals surface area contributed by atoms with E-state index in [9.17, 15) is 47.8 Å². The summed E-state index contributed by atoms with van der Waals surface area (Å²) in [6.45, 7) is 10.3. The number of nitrogens with two attached hydrogens (primary N) is 1. The second-order valence-electron chi connectivity index (χ2n) is 10.9.